The zero-order valence-corrected chi connectivity index (χ0v) is 16.2. The summed E-state index contributed by atoms with van der Waals surface area (Å²) in [5.74, 6) is -8.44. The van der Waals surface area contributed by atoms with Crippen LogP contribution in [0.1, 0.15) is 18.4 Å². The van der Waals surface area contributed by atoms with Crippen LogP contribution >= 0.6 is 0 Å². The molecule has 1 aromatic carbocycles. The lowest BCUT2D eigenvalue weighted by Crippen LogP contribution is -2.53. The molecular formula is C19H25F4N3O4. The van der Waals surface area contributed by atoms with Crippen molar-refractivity contribution in [1.29, 1.82) is 0 Å². The van der Waals surface area contributed by atoms with Crippen molar-refractivity contribution in [3.8, 4) is 0 Å². The van der Waals surface area contributed by atoms with Gasteiger partial charge in [-0.15, -0.1) is 0 Å². The van der Waals surface area contributed by atoms with Crippen molar-refractivity contribution in [3.63, 3.8) is 0 Å². The van der Waals surface area contributed by atoms with Gasteiger partial charge in [-0.3, -0.25) is 14.5 Å². The van der Waals surface area contributed by atoms with E-state index in [0.717, 1.165) is 5.56 Å². The Morgan fingerprint density at radius 2 is 1.33 bits per heavy atom. The Balaban J connectivity index is 2.13. The molecule has 0 bridgehead atoms. The average Bonchev–Trinajstić information content (AvgIpc) is 3.14. The lowest BCUT2D eigenvalue weighted by molar-refractivity contribution is -0.133. The van der Waals surface area contributed by atoms with Crippen LogP contribution in [0.25, 0.3) is 0 Å². The van der Waals surface area contributed by atoms with Gasteiger partial charge in [0.15, 0.2) is 0 Å². The highest BCUT2D eigenvalue weighted by Gasteiger charge is 2.42. The first kappa shape index (κ1) is 24.0. The smallest absolute Gasteiger partial charge is 0.287 e. The van der Waals surface area contributed by atoms with Crippen LogP contribution in [0.3, 0.4) is 0 Å². The summed E-state index contributed by atoms with van der Waals surface area (Å²) in [6, 6.07) is 6.93. The molecule has 0 saturated carbocycles. The summed E-state index contributed by atoms with van der Waals surface area (Å²) in [6.07, 6.45) is 0.329. The third-order valence-corrected chi connectivity index (χ3v) is 4.83. The molecule has 2 rings (SSSR count). The summed E-state index contributed by atoms with van der Waals surface area (Å²) in [7, 11) is 0. The van der Waals surface area contributed by atoms with E-state index in [4.69, 9.17) is 10.2 Å². The van der Waals surface area contributed by atoms with Crippen LogP contribution in [0.2, 0.25) is 0 Å². The SMILES string of the molecule is O=C(NCC(F)(F)CO)[C@H]1CC[C@@H](C(=O)NCC(F)(F)CO)N1Cc1ccccc1. The lowest BCUT2D eigenvalue weighted by Gasteiger charge is -2.29. The van der Waals surface area contributed by atoms with E-state index >= 15 is 0 Å². The van der Waals surface area contributed by atoms with Gasteiger partial charge >= 0.3 is 0 Å². The molecule has 2 amide bonds. The molecule has 168 valence electrons. The highest BCUT2D eigenvalue weighted by molar-refractivity contribution is 5.86. The maximum Gasteiger partial charge on any atom is 0.287 e. The summed E-state index contributed by atoms with van der Waals surface area (Å²) in [5, 5.41) is 21.4. The third kappa shape index (κ3) is 6.64. The number of nitrogens with one attached hydrogen (secondary N) is 2. The van der Waals surface area contributed by atoms with E-state index in [1.165, 1.54) is 4.90 Å². The first-order chi connectivity index (χ1) is 14.1. The largest absolute Gasteiger partial charge is 0.390 e. The summed E-state index contributed by atoms with van der Waals surface area (Å²) >= 11 is 0. The van der Waals surface area contributed by atoms with Crippen molar-refractivity contribution >= 4 is 11.8 Å². The van der Waals surface area contributed by atoms with E-state index in [0.29, 0.717) is 0 Å². The van der Waals surface area contributed by atoms with Crippen LogP contribution in [0.15, 0.2) is 30.3 Å². The summed E-state index contributed by atoms with van der Waals surface area (Å²) < 4.78 is 53.0. The fourth-order valence-electron chi connectivity index (χ4n) is 3.22. The zero-order valence-electron chi connectivity index (χ0n) is 16.2. The minimum Gasteiger partial charge on any atom is -0.390 e. The number of alkyl halides is 4. The maximum atomic E-state index is 13.3. The van der Waals surface area contributed by atoms with E-state index in [1.54, 1.807) is 30.3 Å². The first-order valence-electron chi connectivity index (χ1n) is 9.41. The Bertz CT molecular complexity index is 681. The summed E-state index contributed by atoms with van der Waals surface area (Å²) in [6.45, 7) is -4.83. The number of nitrogens with zero attached hydrogens (tertiary/aromatic N) is 1. The minimum absolute atomic E-state index is 0.129. The highest BCUT2D eigenvalue weighted by atomic mass is 19.3. The second kappa shape index (κ2) is 10.2. The van der Waals surface area contributed by atoms with E-state index in [2.05, 4.69) is 10.6 Å². The fourth-order valence-corrected chi connectivity index (χ4v) is 3.22. The lowest BCUT2D eigenvalue weighted by atomic mass is 10.1. The van der Waals surface area contributed by atoms with Crippen molar-refractivity contribution in [2.75, 3.05) is 26.3 Å². The Hall–Kier alpha value is -2.24. The fraction of sp³-hybridized carbons (Fsp3) is 0.579. The molecule has 0 radical (unpaired) electrons. The number of halogens is 4. The zero-order chi connectivity index (χ0) is 22.4. The molecular weight excluding hydrogens is 410 g/mol. The predicted molar refractivity (Wildman–Crippen MR) is 98.9 cm³/mol. The molecule has 1 heterocycles. The third-order valence-electron chi connectivity index (χ3n) is 4.83. The molecule has 1 saturated heterocycles. The molecule has 1 aromatic rings. The highest BCUT2D eigenvalue weighted by Crippen LogP contribution is 2.27. The number of carbonyl (C=O) groups is 2. The molecule has 4 N–H and O–H groups in total. The second-order valence-corrected chi connectivity index (χ2v) is 7.23. The Morgan fingerprint density at radius 3 is 1.73 bits per heavy atom. The molecule has 11 heteroatoms. The number of aliphatic hydroxyl groups is 2. The molecule has 30 heavy (non-hydrogen) atoms. The Kier molecular flexibility index (Phi) is 8.16. The number of rotatable bonds is 10. The monoisotopic (exact) mass is 435 g/mol. The van der Waals surface area contributed by atoms with Crippen LogP contribution in [0, 0.1) is 0 Å². The minimum atomic E-state index is -3.48. The first-order valence-corrected chi connectivity index (χ1v) is 9.41. The van der Waals surface area contributed by atoms with Crippen LogP contribution < -0.4 is 10.6 Å². The summed E-state index contributed by atoms with van der Waals surface area (Å²) in [4.78, 5) is 26.5. The van der Waals surface area contributed by atoms with Crippen LogP contribution in [0.4, 0.5) is 17.6 Å². The number of likely N-dealkylation sites (tertiary alicyclic amines) is 1. The molecule has 1 aliphatic heterocycles. The van der Waals surface area contributed by atoms with Gasteiger partial charge in [0.05, 0.1) is 25.2 Å². The van der Waals surface area contributed by atoms with E-state index in [-0.39, 0.29) is 19.4 Å². The standard InChI is InChI=1S/C19H25F4N3O4/c20-18(21,11-27)9-24-16(29)14-6-7-15(17(30)25-10-19(22,23)12-28)26(14)8-13-4-2-1-3-5-13/h1-5,14-15,27-28H,6-12H2,(H,24,29)(H,25,30)/t14-,15+. The maximum absolute atomic E-state index is 13.3. The second-order valence-electron chi connectivity index (χ2n) is 7.23. The predicted octanol–water partition coefficient (Wildman–Crippen LogP) is 0.507. The number of aliphatic hydroxyl groups excluding tert-OH is 2. The van der Waals surface area contributed by atoms with Crippen LogP contribution in [0.5, 0.6) is 0 Å². The molecule has 1 aliphatic rings. The molecule has 0 aromatic heterocycles. The van der Waals surface area contributed by atoms with Gasteiger partial charge in [-0.25, -0.2) is 17.6 Å². The van der Waals surface area contributed by atoms with E-state index in [9.17, 15) is 27.2 Å². The number of carbonyl (C=O) groups excluding carboxylic acids is 2. The van der Waals surface area contributed by atoms with Gasteiger partial charge < -0.3 is 20.8 Å². The van der Waals surface area contributed by atoms with Crippen molar-refractivity contribution in [1.82, 2.24) is 15.5 Å². The van der Waals surface area contributed by atoms with Gasteiger partial charge in [-0.2, -0.15) is 0 Å². The van der Waals surface area contributed by atoms with Crippen molar-refractivity contribution < 1.29 is 37.4 Å². The molecule has 0 spiro atoms. The van der Waals surface area contributed by atoms with E-state index < -0.39 is 62.0 Å². The molecule has 2 atom stereocenters. The Labute approximate surface area is 171 Å². The molecule has 0 aliphatic carbocycles. The number of benzene rings is 1. The number of amides is 2. The number of hydrogen-bond donors (Lipinski definition) is 4. The number of hydrogen-bond acceptors (Lipinski definition) is 5. The van der Waals surface area contributed by atoms with Crippen LogP contribution in [-0.2, 0) is 16.1 Å². The molecule has 7 nitrogen and oxygen atoms in total. The molecule has 0 unspecified atom stereocenters. The van der Waals surface area contributed by atoms with Gasteiger partial charge in [-0.1, -0.05) is 30.3 Å². The quantitative estimate of drug-likeness (QED) is 0.401. The topological polar surface area (TPSA) is 102 Å². The van der Waals surface area contributed by atoms with Gasteiger partial charge in [0.2, 0.25) is 11.8 Å². The van der Waals surface area contributed by atoms with Crippen molar-refractivity contribution in [2.24, 2.45) is 0 Å². The molecule has 1 fully saturated rings. The van der Waals surface area contributed by atoms with Gasteiger partial charge in [0.25, 0.3) is 11.8 Å². The van der Waals surface area contributed by atoms with Gasteiger partial charge in [0.1, 0.15) is 13.2 Å². The summed E-state index contributed by atoms with van der Waals surface area (Å²) in [5.41, 5.74) is 0.747. The normalized spacial score (nSPS) is 20.2. The van der Waals surface area contributed by atoms with Gasteiger partial charge in [-0.05, 0) is 18.4 Å². The van der Waals surface area contributed by atoms with Crippen molar-refractivity contribution in [3.05, 3.63) is 35.9 Å². The Morgan fingerprint density at radius 1 is 0.900 bits per heavy atom. The van der Waals surface area contributed by atoms with E-state index in [1.807, 2.05) is 0 Å². The van der Waals surface area contributed by atoms with Gasteiger partial charge in [0, 0.05) is 6.54 Å². The van der Waals surface area contributed by atoms with Crippen LogP contribution in [-0.4, -0.2) is 77.2 Å². The van der Waals surface area contributed by atoms with Crippen molar-refractivity contribution in [2.45, 2.75) is 43.3 Å². The average molecular weight is 435 g/mol.